The van der Waals surface area contributed by atoms with Gasteiger partial charge in [0.1, 0.15) is 0 Å². The van der Waals surface area contributed by atoms with Crippen LogP contribution in [0.5, 0.6) is 0 Å². The van der Waals surface area contributed by atoms with E-state index in [1.165, 1.54) is 6.07 Å². The second-order valence-electron chi connectivity index (χ2n) is 6.25. The van der Waals surface area contributed by atoms with Crippen molar-refractivity contribution in [3.05, 3.63) is 87.8 Å². The van der Waals surface area contributed by atoms with Gasteiger partial charge in [-0.15, -0.1) is 0 Å². The van der Waals surface area contributed by atoms with Gasteiger partial charge in [0.15, 0.2) is 5.69 Å². The summed E-state index contributed by atoms with van der Waals surface area (Å²) in [7, 11) is 0. The number of para-hydroxylation sites is 1. The number of esters is 1. The Kier molecular flexibility index (Phi) is 6.19. The number of amides is 1. The molecule has 0 saturated carbocycles. The third kappa shape index (κ3) is 4.97. The summed E-state index contributed by atoms with van der Waals surface area (Å²) in [5, 5.41) is 6.28. The first kappa shape index (κ1) is 21.8. The normalized spacial score (nSPS) is 11.1. The predicted octanol–water partition coefficient (Wildman–Crippen LogP) is 3.68. The largest absolute Gasteiger partial charge is 0.461 e. The number of hydrogen-bond donors (Lipinski definition) is 1. The van der Waals surface area contributed by atoms with Crippen LogP contribution in [0.1, 0.15) is 33.3 Å². The molecule has 1 amide bonds. The van der Waals surface area contributed by atoms with Gasteiger partial charge in [-0.25, -0.2) is 4.79 Å². The number of nitrogens with zero attached hydrogens (tertiary/aromatic N) is 2. The van der Waals surface area contributed by atoms with Gasteiger partial charge in [0.25, 0.3) is 11.5 Å². The Labute approximate surface area is 174 Å². The van der Waals surface area contributed by atoms with Gasteiger partial charge in [0.05, 0.1) is 23.5 Å². The summed E-state index contributed by atoms with van der Waals surface area (Å²) >= 11 is 0. The smallest absolute Gasteiger partial charge is 0.416 e. The SMILES string of the molecule is CCOC(=O)c1nn(-c2ccccc2)c(=O)cc1NC(=O)c1cccc(C(F)(F)F)c1. The lowest BCUT2D eigenvalue weighted by Gasteiger charge is -2.13. The zero-order valence-electron chi connectivity index (χ0n) is 16.1. The number of benzene rings is 2. The summed E-state index contributed by atoms with van der Waals surface area (Å²) in [6.45, 7) is 1.57. The number of hydrogen-bond acceptors (Lipinski definition) is 5. The van der Waals surface area contributed by atoms with E-state index in [4.69, 9.17) is 4.74 Å². The van der Waals surface area contributed by atoms with E-state index in [0.717, 1.165) is 22.9 Å². The monoisotopic (exact) mass is 431 g/mol. The molecular weight excluding hydrogens is 415 g/mol. The highest BCUT2D eigenvalue weighted by atomic mass is 19.4. The molecule has 0 saturated heterocycles. The summed E-state index contributed by atoms with van der Waals surface area (Å²) in [6.07, 6.45) is -4.63. The molecule has 0 bridgehead atoms. The quantitative estimate of drug-likeness (QED) is 0.623. The third-order valence-corrected chi connectivity index (χ3v) is 4.10. The van der Waals surface area contributed by atoms with Crippen molar-refractivity contribution in [1.29, 1.82) is 0 Å². The maximum Gasteiger partial charge on any atom is 0.416 e. The van der Waals surface area contributed by atoms with Crippen LogP contribution in [0, 0.1) is 0 Å². The summed E-state index contributed by atoms with van der Waals surface area (Å²) in [4.78, 5) is 37.4. The fraction of sp³-hybridized carbons (Fsp3) is 0.143. The lowest BCUT2D eigenvalue weighted by Crippen LogP contribution is -2.27. The number of aromatic nitrogens is 2. The Morgan fingerprint density at radius 3 is 2.42 bits per heavy atom. The van der Waals surface area contributed by atoms with Crippen LogP contribution in [0.3, 0.4) is 0 Å². The molecule has 0 atom stereocenters. The van der Waals surface area contributed by atoms with Crippen LogP contribution in [-0.4, -0.2) is 28.3 Å². The van der Waals surface area contributed by atoms with E-state index in [2.05, 4.69) is 10.4 Å². The molecule has 0 spiro atoms. The summed E-state index contributed by atoms with van der Waals surface area (Å²) in [5.41, 5.74) is -2.27. The second kappa shape index (κ2) is 8.82. The van der Waals surface area contributed by atoms with E-state index in [1.54, 1.807) is 37.3 Å². The maximum absolute atomic E-state index is 12.9. The van der Waals surface area contributed by atoms with Gasteiger partial charge in [-0.3, -0.25) is 9.59 Å². The molecule has 2 aromatic carbocycles. The zero-order valence-corrected chi connectivity index (χ0v) is 16.1. The first-order valence-corrected chi connectivity index (χ1v) is 9.06. The zero-order chi connectivity index (χ0) is 22.6. The molecule has 0 fully saturated rings. The minimum atomic E-state index is -4.63. The third-order valence-electron chi connectivity index (χ3n) is 4.10. The highest BCUT2D eigenvalue weighted by Gasteiger charge is 2.31. The van der Waals surface area contributed by atoms with Crippen molar-refractivity contribution in [2.45, 2.75) is 13.1 Å². The first-order chi connectivity index (χ1) is 14.7. The number of rotatable bonds is 5. The number of alkyl halides is 3. The summed E-state index contributed by atoms with van der Waals surface area (Å²) < 4.78 is 44.7. The molecule has 7 nitrogen and oxygen atoms in total. The molecule has 1 N–H and O–H groups in total. The van der Waals surface area contributed by atoms with Gasteiger partial charge in [-0.2, -0.15) is 23.0 Å². The van der Waals surface area contributed by atoms with E-state index in [-0.39, 0.29) is 23.6 Å². The van der Waals surface area contributed by atoms with Crippen molar-refractivity contribution in [3.8, 4) is 5.69 Å². The van der Waals surface area contributed by atoms with Crippen LogP contribution >= 0.6 is 0 Å². The van der Waals surface area contributed by atoms with Gasteiger partial charge in [-0.05, 0) is 37.3 Å². The van der Waals surface area contributed by atoms with Crippen molar-refractivity contribution < 1.29 is 27.5 Å². The molecule has 3 aromatic rings. The predicted molar refractivity (Wildman–Crippen MR) is 105 cm³/mol. The lowest BCUT2D eigenvalue weighted by molar-refractivity contribution is -0.137. The Hall–Kier alpha value is -3.95. The van der Waals surface area contributed by atoms with E-state index in [0.29, 0.717) is 11.8 Å². The molecule has 0 radical (unpaired) electrons. The van der Waals surface area contributed by atoms with Gasteiger partial charge in [0.2, 0.25) is 0 Å². The van der Waals surface area contributed by atoms with Crippen LogP contribution in [-0.2, 0) is 10.9 Å². The minimum absolute atomic E-state index is 0.00594. The standard InChI is InChI=1S/C21H16F3N3O4/c1-2-31-20(30)18-16(12-17(28)27(26-18)15-9-4-3-5-10-15)25-19(29)13-7-6-8-14(11-13)21(22,23)24/h3-12H,2H2,1H3,(H,25,29). The summed E-state index contributed by atoms with van der Waals surface area (Å²) in [5.74, 6) is -1.86. The van der Waals surface area contributed by atoms with E-state index < -0.39 is 29.2 Å². The molecule has 1 aromatic heterocycles. The minimum Gasteiger partial charge on any atom is -0.461 e. The van der Waals surface area contributed by atoms with Gasteiger partial charge < -0.3 is 10.1 Å². The number of nitrogens with one attached hydrogen (secondary N) is 1. The van der Waals surface area contributed by atoms with Crippen molar-refractivity contribution in [2.75, 3.05) is 11.9 Å². The number of ether oxygens (including phenoxy) is 1. The average Bonchev–Trinajstić information content (AvgIpc) is 2.74. The Balaban J connectivity index is 2.02. The number of carbonyl (C=O) groups is 2. The van der Waals surface area contributed by atoms with Gasteiger partial charge in [-0.1, -0.05) is 24.3 Å². The maximum atomic E-state index is 12.9. The molecule has 160 valence electrons. The molecule has 10 heteroatoms. The summed E-state index contributed by atoms with van der Waals surface area (Å²) in [6, 6.07) is 12.9. The van der Waals surface area contributed by atoms with Crippen LogP contribution in [0.4, 0.5) is 18.9 Å². The molecule has 0 aliphatic rings. The fourth-order valence-electron chi connectivity index (χ4n) is 2.69. The van der Waals surface area contributed by atoms with Crippen molar-refractivity contribution >= 4 is 17.6 Å². The highest BCUT2D eigenvalue weighted by molar-refractivity contribution is 6.07. The van der Waals surface area contributed by atoms with Crippen LogP contribution in [0.2, 0.25) is 0 Å². The first-order valence-electron chi connectivity index (χ1n) is 9.06. The number of halogens is 3. The van der Waals surface area contributed by atoms with Crippen LogP contribution in [0.15, 0.2) is 65.5 Å². The lowest BCUT2D eigenvalue weighted by atomic mass is 10.1. The molecule has 0 unspecified atom stereocenters. The average molecular weight is 431 g/mol. The number of carbonyl (C=O) groups excluding carboxylic acids is 2. The molecular formula is C21H16F3N3O4. The van der Waals surface area contributed by atoms with E-state index >= 15 is 0 Å². The van der Waals surface area contributed by atoms with E-state index in [1.807, 2.05) is 0 Å². The molecule has 31 heavy (non-hydrogen) atoms. The molecule has 0 aliphatic heterocycles. The van der Waals surface area contributed by atoms with Crippen LogP contribution in [0.25, 0.3) is 5.69 Å². The van der Waals surface area contributed by atoms with Crippen molar-refractivity contribution in [2.24, 2.45) is 0 Å². The Bertz CT molecular complexity index is 1170. The van der Waals surface area contributed by atoms with Gasteiger partial charge in [0, 0.05) is 11.6 Å². The topological polar surface area (TPSA) is 90.3 Å². The Morgan fingerprint density at radius 1 is 1.06 bits per heavy atom. The van der Waals surface area contributed by atoms with Crippen molar-refractivity contribution in [1.82, 2.24) is 9.78 Å². The molecule has 1 heterocycles. The van der Waals surface area contributed by atoms with Crippen molar-refractivity contribution in [3.63, 3.8) is 0 Å². The van der Waals surface area contributed by atoms with Crippen LogP contribution < -0.4 is 10.9 Å². The Morgan fingerprint density at radius 2 is 1.77 bits per heavy atom. The highest BCUT2D eigenvalue weighted by Crippen LogP contribution is 2.29. The van der Waals surface area contributed by atoms with E-state index in [9.17, 15) is 27.6 Å². The second-order valence-corrected chi connectivity index (χ2v) is 6.25. The number of anilines is 1. The molecule has 0 aliphatic carbocycles. The molecule has 3 rings (SSSR count). The fourth-order valence-corrected chi connectivity index (χ4v) is 2.69. The van der Waals surface area contributed by atoms with Gasteiger partial charge >= 0.3 is 12.1 Å².